The molecule has 4 aromatic rings. The molecule has 2 heterocycles. The molecule has 1 aliphatic carbocycles. The van der Waals surface area contributed by atoms with Gasteiger partial charge in [0, 0.05) is 56.1 Å². The molecular formula is C31H31F2N5. The highest BCUT2D eigenvalue weighted by molar-refractivity contribution is 5.73. The Hall–Kier alpha value is -3.68. The van der Waals surface area contributed by atoms with E-state index in [4.69, 9.17) is 4.98 Å². The van der Waals surface area contributed by atoms with Crippen molar-refractivity contribution in [1.82, 2.24) is 19.8 Å². The van der Waals surface area contributed by atoms with Gasteiger partial charge in [0.05, 0.1) is 5.69 Å². The second-order valence-electron chi connectivity index (χ2n) is 10.3. The van der Waals surface area contributed by atoms with Crippen molar-refractivity contribution in [1.29, 1.82) is 0 Å². The van der Waals surface area contributed by atoms with E-state index >= 15 is 0 Å². The van der Waals surface area contributed by atoms with Gasteiger partial charge in [-0.1, -0.05) is 42.5 Å². The fourth-order valence-corrected chi connectivity index (χ4v) is 5.47. The Kier molecular flexibility index (Phi) is 6.87. The summed E-state index contributed by atoms with van der Waals surface area (Å²) in [6.07, 6.45) is 3.51. The summed E-state index contributed by atoms with van der Waals surface area (Å²) in [6, 6.07) is 20.7. The fourth-order valence-electron chi connectivity index (χ4n) is 5.47. The number of likely N-dealkylation sites (N-methyl/N-ethyl adjacent to an activating group) is 1. The first-order chi connectivity index (χ1) is 18.5. The normalized spacial score (nSPS) is 17.6. The molecule has 1 fully saturated rings. The van der Waals surface area contributed by atoms with Gasteiger partial charge >= 0.3 is 0 Å². The van der Waals surface area contributed by atoms with Gasteiger partial charge < -0.3 is 15.1 Å². The molecule has 1 N–H and O–H groups in total. The number of aromatic nitrogens is 2. The van der Waals surface area contributed by atoms with E-state index in [2.05, 4.69) is 51.4 Å². The van der Waals surface area contributed by atoms with Crippen LogP contribution < -0.4 is 5.32 Å². The third kappa shape index (κ3) is 5.17. The topological polar surface area (TPSA) is 44.3 Å². The van der Waals surface area contributed by atoms with E-state index in [0.717, 1.165) is 72.8 Å². The number of hydrogen-bond acceptors (Lipinski definition) is 5. The molecule has 5 nitrogen and oxygen atoms in total. The summed E-state index contributed by atoms with van der Waals surface area (Å²) in [5.74, 6) is -1.21. The van der Waals surface area contributed by atoms with Gasteiger partial charge in [-0.15, -0.1) is 0 Å². The number of hydrogen-bond donors (Lipinski definition) is 1. The number of anilines is 2. The number of rotatable bonds is 6. The molecule has 0 saturated carbocycles. The van der Waals surface area contributed by atoms with Crippen LogP contribution in [0.15, 0.2) is 72.9 Å². The fraction of sp³-hybridized carbons (Fsp3) is 0.290. The van der Waals surface area contributed by atoms with Crippen molar-refractivity contribution in [3.63, 3.8) is 0 Å². The van der Waals surface area contributed by atoms with Crippen molar-refractivity contribution < 1.29 is 8.78 Å². The van der Waals surface area contributed by atoms with Gasteiger partial charge in [-0.25, -0.2) is 18.7 Å². The van der Waals surface area contributed by atoms with E-state index in [-0.39, 0.29) is 5.92 Å². The molecule has 1 unspecified atom stereocenters. The number of piperazine rings is 1. The maximum atomic E-state index is 14.0. The first-order valence-corrected chi connectivity index (χ1v) is 13.2. The van der Waals surface area contributed by atoms with Crippen LogP contribution in [0.3, 0.4) is 0 Å². The number of benzene rings is 3. The predicted molar refractivity (Wildman–Crippen MR) is 147 cm³/mol. The monoisotopic (exact) mass is 511 g/mol. The second-order valence-corrected chi connectivity index (χ2v) is 10.3. The summed E-state index contributed by atoms with van der Waals surface area (Å²) in [5.41, 5.74) is 6.92. The molecule has 1 aliphatic heterocycles. The van der Waals surface area contributed by atoms with E-state index in [1.165, 1.54) is 17.7 Å². The highest BCUT2D eigenvalue weighted by Crippen LogP contribution is 2.42. The van der Waals surface area contributed by atoms with Crippen LogP contribution in [0.5, 0.6) is 0 Å². The summed E-state index contributed by atoms with van der Waals surface area (Å²) in [7, 11) is 2.18. The van der Waals surface area contributed by atoms with Crippen molar-refractivity contribution >= 4 is 11.6 Å². The Morgan fingerprint density at radius 2 is 1.71 bits per heavy atom. The largest absolute Gasteiger partial charge is 0.324 e. The average molecular weight is 512 g/mol. The molecule has 1 atom stereocenters. The SMILES string of the molecule is CN1CCN(CCc2ccc(Nc3ncc4c(n3)-c3ccccc3C(c3ccc(F)c(F)c3)C4)cc2)CC1. The zero-order valence-electron chi connectivity index (χ0n) is 21.5. The zero-order valence-corrected chi connectivity index (χ0v) is 21.5. The number of fused-ring (bicyclic) bond motifs is 3. The van der Waals surface area contributed by atoms with Crippen molar-refractivity contribution in [3.8, 4) is 11.3 Å². The molecule has 38 heavy (non-hydrogen) atoms. The average Bonchev–Trinajstić information content (AvgIpc) is 2.95. The summed E-state index contributed by atoms with van der Waals surface area (Å²) in [5, 5.41) is 3.35. The Balaban J connectivity index is 1.17. The lowest BCUT2D eigenvalue weighted by molar-refractivity contribution is 0.155. The quantitative estimate of drug-likeness (QED) is 0.363. The second kappa shape index (κ2) is 10.6. The van der Waals surface area contributed by atoms with Crippen LogP contribution in [0.2, 0.25) is 0 Å². The van der Waals surface area contributed by atoms with Crippen LogP contribution in [0, 0.1) is 11.6 Å². The van der Waals surface area contributed by atoms with E-state index in [0.29, 0.717) is 12.4 Å². The van der Waals surface area contributed by atoms with E-state index < -0.39 is 11.6 Å². The van der Waals surface area contributed by atoms with E-state index in [9.17, 15) is 8.78 Å². The summed E-state index contributed by atoms with van der Waals surface area (Å²) >= 11 is 0. The first kappa shape index (κ1) is 24.6. The highest BCUT2D eigenvalue weighted by Gasteiger charge is 2.28. The minimum atomic E-state index is -0.833. The number of nitrogens with one attached hydrogen (secondary N) is 1. The molecule has 7 heteroatoms. The van der Waals surface area contributed by atoms with Crippen molar-refractivity contribution in [2.75, 3.05) is 45.1 Å². The van der Waals surface area contributed by atoms with Gasteiger partial charge in [-0.05, 0) is 66.4 Å². The lowest BCUT2D eigenvalue weighted by Gasteiger charge is -2.32. The highest BCUT2D eigenvalue weighted by atomic mass is 19.2. The molecule has 1 saturated heterocycles. The van der Waals surface area contributed by atoms with Crippen molar-refractivity contribution in [3.05, 3.63) is 107 Å². The van der Waals surface area contributed by atoms with Crippen molar-refractivity contribution in [2.45, 2.75) is 18.8 Å². The smallest absolute Gasteiger partial charge is 0.227 e. The van der Waals surface area contributed by atoms with Crippen LogP contribution in [0.1, 0.15) is 28.2 Å². The molecular weight excluding hydrogens is 480 g/mol. The molecule has 2 aliphatic rings. The molecule has 0 spiro atoms. The molecule has 0 radical (unpaired) electrons. The maximum absolute atomic E-state index is 14.0. The van der Waals surface area contributed by atoms with Gasteiger partial charge in [0.1, 0.15) is 0 Å². The number of nitrogens with zero attached hydrogens (tertiary/aromatic N) is 4. The summed E-state index contributed by atoms with van der Waals surface area (Å²) < 4.78 is 27.6. The van der Waals surface area contributed by atoms with Crippen LogP contribution in [-0.2, 0) is 12.8 Å². The zero-order chi connectivity index (χ0) is 26.1. The van der Waals surface area contributed by atoms with Crippen LogP contribution in [0.4, 0.5) is 20.4 Å². The van der Waals surface area contributed by atoms with Crippen LogP contribution in [0.25, 0.3) is 11.3 Å². The van der Waals surface area contributed by atoms with Gasteiger partial charge in [-0.2, -0.15) is 0 Å². The third-order valence-electron chi connectivity index (χ3n) is 7.75. The van der Waals surface area contributed by atoms with Gasteiger partial charge in [-0.3, -0.25) is 0 Å². The maximum Gasteiger partial charge on any atom is 0.227 e. The molecule has 194 valence electrons. The van der Waals surface area contributed by atoms with E-state index in [1.54, 1.807) is 6.07 Å². The predicted octanol–water partition coefficient (Wildman–Crippen LogP) is 5.64. The lowest BCUT2D eigenvalue weighted by atomic mass is 9.78. The van der Waals surface area contributed by atoms with Crippen molar-refractivity contribution in [2.24, 2.45) is 0 Å². The Morgan fingerprint density at radius 1 is 0.921 bits per heavy atom. The molecule has 1 aromatic heterocycles. The minimum absolute atomic E-state index is 0.0883. The third-order valence-corrected chi connectivity index (χ3v) is 7.75. The van der Waals surface area contributed by atoms with Gasteiger partial charge in [0.25, 0.3) is 0 Å². The lowest BCUT2D eigenvalue weighted by Crippen LogP contribution is -2.45. The standard InChI is InChI=1S/C31H31F2N5/c1-37-14-16-38(17-15-37)13-12-21-6-9-24(10-7-21)35-31-34-20-23-18-27(22-8-11-28(32)29(33)19-22)25-4-2-3-5-26(25)30(23)36-31/h2-11,19-20,27H,12-18H2,1H3,(H,34,35,36). The van der Waals surface area contributed by atoms with Crippen LogP contribution >= 0.6 is 0 Å². The summed E-state index contributed by atoms with van der Waals surface area (Å²) in [6.45, 7) is 5.63. The Labute approximate surface area is 222 Å². The Morgan fingerprint density at radius 3 is 2.50 bits per heavy atom. The number of halogens is 2. The van der Waals surface area contributed by atoms with Crippen LogP contribution in [-0.4, -0.2) is 59.5 Å². The first-order valence-electron chi connectivity index (χ1n) is 13.2. The summed E-state index contributed by atoms with van der Waals surface area (Å²) in [4.78, 5) is 14.4. The van der Waals surface area contributed by atoms with Gasteiger partial charge in [0.2, 0.25) is 5.95 Å². The molecule has 0 amide bonds. The van der Waals surface area contributed by atoms with Gasteiger partial charge in [0.15, 0.2) is 11.6 Å². The van der Waals surface area contributed by atoms with E-state index in [1.807, 2.05) is 30.5 Å². The molecule has 0 bridgehead atoms. The Bertz CT molecular complexity index is 1430. The molecule has 6 rings (SSSR count). The minimum Gasteiger partial charge on any atom is -0.324 e. The molecule has 3 aromatic carbocycles.